The second-order valence-corrected chi connectivity index (χ2v) is 8.81. The lowest BCUT2D eigenvalue weighted by Crippen LogP contribution is -2.17. The van der Waals surface area contributed by atoms with Gasteiger partial charge in [-0.2, -0.15) is 0 Å². The molecule has 0 unspecified atom stereocenters. The third-order valence-electron chi connectivity index (χ3n) is 5.13. The number of thiophene rings is 1. The van der Waals surface area contributed by atoms with E-state index in [1.165, 1.54) is 12.3 Å². The van der Waals surface area contributed by atoms with E-state index < -0.39 is 12.2 Å². The molecule has 2 heterocycles. The third-order valence-corrected chi connectivity index (χ3v) is 6.28. The summed E-state index contributed by atoms with van der Waals surface area (Å²) in [5, 5.41) is 0. The minimum Gasteiger partial charge on any atom is -0.496 e. The van der Waals surface area contributed by atoms with Crippen molar-refractivity contribution in [2.24, 2.45) is 0 Å². The first-order valence-electron chi connectivity index (χ1n) is 10.4. The lowest BCUT2D eigenvalue weighted by Gasteiger charge is -2.09. The summed E-state index contributed by atoms with van der Waals surface area (Å²) in [6, 6.07) is 18.5. The number of rotatable bonds is 7. The molecule has 0 spiro atoms. The van der Waals surface area contributed by atoms with Gasteiger partial charge in [0.2, 0.25) is 5.88 Å². The molecule has 8 heteroatoms. The zero-order chi connectivity index (χ0) is 24.3. The first kappa shape index (κ1) is 23.6. The molecule has 4 nitrogen and oxygen atoms in total. The highest BCUT2D eigenvalue weighted by molar-refractivity contribution is 7.16. The van der Waals surface area contributed by atoms with Crippen LogP contribution < -0.4 is 14.2 Å². The lowest BCUT2D eigenvalue weighted by atomic mass is 10.0. The monoisotopic (exact) mass is 485 g/mol. The maximum Gasteiger partial charge on any atom is 0.574 e. The maximum absolute atomic E-state index is 12.5. The topological polar surface area (TPSA) is 40.6 Å². The molecule has 0 aliphatic carbocycles. The van der Waals surface area contributed by atoms with Crippen LogP contribution in [0, 0.1) is 13.8 Å². The summed E-state index contributed by atoms with van der Waals surface area (Å²) in [5.74, 6) is 0.932. The normalized spacial score (nSPS) is 11.4. The third kappa shape index (κ3) is 5.69. The molecular formula is C26H22F3NO3S. The fraction of sp³-hybridized carbons (Fsp3) is 0.192. The van der Waals surface area contributed by atoms with E-state index in [1.54, 1.807) is 24.5 Å². The fourth-order valence-corrected chi connectivity index (χ4v) is 4.51. The van der Waals surface area contributed by atoms with Gasteiger partial charge in [0, 0.05) is 39.2 Å². The molecule has 0 atom stereocenters. The van der Waals surface area contributed by atoms with E-state index in [-0.39, 0.29) is 0 Å². The quantitative estimate of drug-likeness (QED) is 0.271. The van der Waals surface area contributed by atoms with Crippen molar-refractivity contribution < 1.29 is 27.4 Å². The first-order chi connectivity index (χ1) is 16.2. The number of alkyl halides is 3. The Morgan fingerprint density at radius 1 is 0.912 bits per heavy atom. The Bertz CT molecular complexity index is 1270. The standard InChI is InChI=1S/C26H22F3NO3S/c1-16-4-7-18(8-5-16)25-22(19-9-11-24(30-14-19)33-26(27,28)29)13-21(34-25)15-32-20-10-6-17(2)23(12-20)31-3/h4-14H,15H2,1-3H3. The predicted octanol–water partition coefficient (Wildman–Crippen LogP) is 7.58. The van der Waals surface area contributed by atoms with E-state index in [4.69, 9.17) is 9.47 Å². The zero-order valence-electron chi connectivity index (χ0n) is 18.8. The van der Waals surface area contributed by atoms with Gasteiger partial charge in [-0.15, -0.1) is 24.5 Å². The second-order valence-electron chi connectivity index (χ2n) is 7.67. The maximum atomic E-state index is 12.5. The molecule has 0 bridgehead atoms. The summed E-state index contributed by atoms with van der Waals surface area (Å²) in [5.41, 5.74) is 4.70. The highest BCUT2D eigenvalue weighted by atomic mass is 32.1. The first-order valence-corrected chi connectivity index (χ1v) is 11.2. The van der Waals surface area contributed by atoms with Gasteiger partial charge in [0.05, 0.1) is 7.11 Å². The van der Waals surface area contributed by atoms with Crippen LogP contribution in [0.2, 0.25) is 0 Å². The Hall–Kier alpha value is -3.52. The van der Waals surface area contributed by atoms with Crippen LogP contribution in [0.25, 0.3) is 21.6 Å². The van der Waals surface area contributed by atoms with Crippen LogP contribution in [0.4, 0.5) is 13.2 Å². The van der Waals surface area contributed by atoms with Crippen LogP contribution in [0.15, 0.2) is 66.9 Å². The fourth-order valence-electron chi connectivity index (χ4n) is 3.41. The van der Waals surface area contributed by atoms with Gasteiger partial charge in [-0.05, 0) is 43.2 Å². The molecule has 0 fully saturated rings. The van der Waals surface area contributed by atoms with Gasteiger partial charge >= 0.3 is 6.36 Å². The molecule has 0 amide bonds. The Morgan fingerprint density at radius 3 is 2.29 bits per heavy atom. The van der Waals surface area contributed by atoms with Crippen molar-refractivity contribution in [2.45, 2.75) is 26.8 Å². The number of nitrogens with zero attached hydrogens (tertiary/aromatic N) is 1. The van der Waals surface area contributed by atoms with E-state index >= 15 is 0 Å². The number of hydrogen-bond donors (Lipinski definition) is 0. The highest BCUT2D eigenvalue weighted by Gasteiger charge is 2.31. The van der Waals surface area contributed by atoms with E-state index in [0.717, 1.165) is 37.8 Å². The number of aryl methyl sites for hydroxylation is 2. The van der Waals surface area contributed by atoms with E-state index in [2.05, 4.69) is 9.72 Å². The summed E-state index contributed by atoms with van der Waals surface area (Å²) in [4.78, 5) is 5.77. The summed E-state index contributed by atoms with van der Waals surface area (Å²) >= 11 is 1.56. The van der Waals surface area contributed by atoms with Crippen molar-refractivity contribution in [2.75, 3.05) is 7.11 Å². The lowest BCUT2D eigenvalue weighted by molar-refractivity contribution is -0.276. The Balaban J connectivity index is 1.64. The van der Waals surface area contributed by atoms with Gasteiger partial charge in [-0.25, -0.2) is 4.98 Å². The Kier molecular flexibility index (Phi) is 6.79. The molecule has 0 saturated heterocycles. The van der Waals surface area contributed by atoms with E-state index in [9.17, 15) is 13.2 Å². The molecule has 0 aliphatic heterocycles. The number of ether oxygens (including phenoxy) is 3. The van der Waals surface area contributed by atoms with E-state index in [1.807, 2.05) is 62.4 Å². The van der Waals surface area contributed by atoms with Crippen LogP contribution >= 0.6 is 11.3 Å². The second kappa shape index (κ2) is 9.77. The number of methoxy groups -OCH3 is 1. The van der Waals surface area contributed by atoms with Crippen LogP contribution in [0.3, 0.4) is 0 Å². The van der Waals surface area contributed by atoms with Gasteiger partial charge in [0.1, 0.15) is 18.1 Å². The molecule has 0 saturated carbocycles. The Labute approximate surface area is 199 Å². The Morgan fingerprint density at radius 2 is 1.65 bits per heavy atom. The van der Waals surface area contributed by atoms with Gasteiger partial charge in [-0.1, -0.05) is 35.9 Å². The molecule has 34 heavy (non-hydrogen) atoms. The van der Waals surface area contributed by atoms with Gasteiger partial charge in [-0.3, -0.25) is 0 Å². The predicted molar refractivity (Wildman–Crippen MR) is 126 cm³/mol. The SMILES string of the molecule is COc1cc(OCc2cc(-c3ccc(OC(F)(F)F)nc3)c(-c3ccc(C)cc3)s2)ccc1C. The number of aromatic nitrogens is 1. The van der Waals surface area contributed by atoms with Gasteiger partial charge < -0.3 is 14.2 Å². The van der Waals surface area contributed by atoms with Gasteiger partial charge in [0.25, 0.3) is 0 Å². The van der Waals surface area contributed by atoms with Crippen molar-refractivity contribution in [3.8, 4) is 38.9 Å². The van der Waals surface area contributed by atoms with E-state index in [0.29, 0.717) is 17.9 Å². The molecule has 4 rings (SSSR count). The van der Waals surface area contributed by atoms with Crippen molar-refractivity contribution in [1.29, 1.82) is 0 Å². The molecule has 2 aromatic heterocycles. The van der Waals surface area contributed by atoms with Crippen LogP contribution in [-0.2, 0) is 6.61 Å². The average molecular weight is 486 g/mol. The molecular weight excluding hydrogens is 463 g/mol. The molecule has 176 valence electrons. The summed E-state index contributed by atoms with van der Waals surface area (Å²) < 4.78 is 52.8. The van der Waals surface area contributed by atoms with Crippen LogP contribution in [0.1, 0.15) is 16.0 Å². The number of pyridine rings is 1. The molecule has 0 aliphatic rings. The largest absolute Gasteiger partial charge is 0.574 e. The van der Waals surface area contributed by atoms with Crippen molar-refractivity contribution in [1.82, 2.24) is 4.98 Å². The molecule has 0 radical (unpaired) electrons. The number of benzene rings is 2. The summed E-state index contributed by atoms with van der Waals surface area (Å²) in [6.07, 6.45) is -3.40. The smallest absolute Gasteiger partial charge is 0.496 e. The van der Waals surface area contributed by atoms with Crippen LogP contribution in [-0.4, -0.2) is 18.5 Å². The summed E-state index contributed by atoms with van der Waals surface area (Å²) in [6.45, 7) is 4.30. The van der Waals surface area contributed by atoms with Crippen LogP contribution in [0.5, 0.6) is 17.4 Å². The van der Waals surface area contributed by atoms with Crippen molar-refractivity contribution in [3.63, 3.8) is 0 Å². The zero-order valence-corrected chi connectivity index (χ0v) is 19.6. The minimum atomic E-state index is -4.78. The number of hydrogen-bond acceptors (Lipinski definition) is 5. The molecule has 4 aromatic rings. The molecule has 0 N–H and O–H groups in total. The minimum absolute atomic E-state index is 0.332. The average Bonchev–Trinajstić information content (AvgIpc) is 3.23. The molecule has 2 aromatic carbocycles. The van der Waals surface area contributed by atoms with Crippen molar-refractivity contribution >= 4 is 11.3 Å². The number of halogens is 3. The van der Waals surface area contributed by atoms with Crippen molar-refractivity contribution in [3.05, 3.63) is 82.9 Å². The van der Waals surface area contributed by atoms with Gasteiger partial charge in [0.15, 0.2) is 0 Å². The highest BCUT2D eigenvalue weighted by Crippen LogP contribution is 2.40. The summed E-state index contributed by atoms with van der Waals surface area (Å²) in [7, 11) is 1.62.